The molecule has 0 saturated carbocycles. The van der Waals surface area contributed by atoms with Crippen LogP contribution in [0.4, 0.5) is 0 Å². The highest BCUT2D eigenvalue weighted by Gasteiger charge is 2.07. The first kappa shape index (κ1) is 22.2. The number of hydrogen-bond donors (Lipinski definition) is 2. The molecule has 0 bridgehead atoms. The highest BCUT2D eigenvalue weighted by atomic mass is 79.9. The number of hydrogen-bond acceptors (Lipinski definition) is 4. The van der Waals surface area contributed by atoms with E-state index in [0.29, 0.717) is 24.6 Å². The van der Waals surface area contributed by atoms with Crippen molar-refractivity contribution in [1.29, 1.82) is 0 Å². The van der Waals surface area contributed by atoms with Gasteiger partial charge in [-0.1, -0.05) is 31.9 Å². The van der Waals surface area contributed by atoms with Crippen LogP contribution in [0.1, 0.15) is 11.1 Å². The van der Waals surface area contributed by atoms with Gasteiger partial charge < -0.3 is 20.1 Å². The number of amides is 2. The topological polar surface area (TPSA) is 76.7 Å². The zero-order chi connectivity index (χ0) is 20.5. The Morgan fingerprint density at radius 2 is 1.18 bits per heavy atom. The first-order chi connectivity index (χ1) is 13.3. The normalized spacial score (nSPS) is 10.3. The molecule has 0 radical (unpaired) electrons. The Morgan fingerprint density at radius 3 is 1.54 bits per heavy atom. The molecule has 0 fully saturated rings. The van der Waals surface area contributed by atoms with Crippen LogP contribution in [0, 0.1) is 13.8 Å². The molecule has 0 heterocycles. The molecular formula is C20H22Br2N2O4. The lowest BCUT2D eigenvalue weighted by molar-refractivity contribution is -0.124. The minimum atomic E-state index is -0.252. The van der Waals surface area contributed by atoms with E-state index in [4.69, 9.17) is 9.47 Å². The molecule has 0 aliphatic rings. The predicted octanol–water partition coefficient (Wildman–Crippen LogP) is 3.52. The number of carbonyl (C=O) groups is 2. The van der Waals surface area contributed by atoms with Crippen molar-refractivity contribution in [3.63, 3.8) is 0 Å². The minimum Gasteiger partial charge on any atom is -0.484 e. The number of benzene rings is 2. The Hall–Kier alpha value is -2.06. The second-order valence-corrected chi connectivity index (χ2v) is 7.93. The van der Waals surface area contributed by atoms with Crippen LogP contribution in [0.3, 0.4) is 0 Å². The molecule has 0 aliphatic heterocycles. The number of halogens is 2. The van der Waals surface area contributed by atoms with Gasteiger partial charge in [0.15, 0.2) is 13.2 Å². The smallest absolute Gasteiger partial charge is 0.258 e. The van der Waals surface area contributed by atoms with E-state index in [1.54, 1.807) is 12.1 Å². The lowest BCUT2D eigenvalue weighted by atomic mass is 10.2. The molecule has 0 spiro atoms. The van der Waals surface area contributed by atoms with Gasteiger partial charge in [-0.2, -0.15) is 0 Å². The van der Waals surface area contributed by atoms with Crippen molar-refractivity contribution in [2.24, 2.45) is 0 Å². The van der Waals surface area contributed by atoms with Crippen LogP contribution >= 0.6 is 31.9 Å². The number of aryl methyl sites for hydroxylation is 2. The van der Waals surface area contributed by atoms with Crippen LogP contribution in [0.25, 0.3) is 0 Å². The molecule has 8 heteroatoms. The molecule has 0 saturated heterocycles. The summed E-state index contributed by atoms with van der Waals surface area (Å²) in [7, 11) is 0. The highest BCUT2D eigenvalue weighted by Crippen LogP contribution is 2.22. The Kier molecular flexibility index (Phi) is 8.79. The predicted molar refractivity (Wildman–Crippen MR) is 115 cm³/mol. The summed E-state index contributed by atoms with van der Waals surface area (Å²) in [6.45, 7) is 4.27. The summed E-state index contributed by atoms with van der Waals surface area (Å²) >= 11 is 6.76. The zero-order valence-corrected chi connectivity index (χ0v) is 18.9. The van der Waals surface area contributed by atoms with Crippen molar-refractivity contribution < 1.29 is 19.1 Å². The van der Waals surface area contributed by atoms with Gasteiger partial charge in [-0.05, 0) is 61.4 Å². The fourth-order valence-electron chi connectivity index (χ4n) is 2.34. The molecule has 0 atom stereocenters. The van der Waals surface area contributed by atoms with E-state index in [9.17, 15) is 9.59 Å². The van der Waals surface area contributed by atoms with Crippen molar-refractivity contribution in [3.05, 3.63) is 56.5 Å². The summed E-state index contributed by atoms with van der Waals surface area (Å²) in [4.78, 5) is 23.7. The summed E-state index contributed by atoms with van der Waals surface area (Å²) < 4.78 is 12.9. The van der Waals surface area contributed by atoms with E-state index >= 15 is 0 Å². The third-order valence-electron chi connectivity index (χ3n) is 3.76. The Morgan fingerprint density at radius 1 is 0.786 bits per heavy atom. The molecule has 150 valence electrons. The fourth-order valence-corrected chi connectivity index (χ4v) is 3.29. The first-order valence-corrected chi connectivity index (χ1v) is 10.2. The van der Waals surface area contributed by atoms with E-state index in [-0.39, 0.29) is 25.0 Å². The quantitative estimate of drug-likeness (QED) is 0.503. The van der Waals surface area contributed by atoms with Gasteiger partial charge in [-0.25, -0.2) is 0 Å². The maximum atomic E-state index is 11.8. The second-order valence-electron chi connectivity index (χ2n) is 6.10. The number of carbonyl (C=O) groups excluding carboxylic acids is 2. The van der Waals surface area contributed by atoms with Gasteiger partial charge in [0.25, 0.3) is 11.8 Å². The molecule has 6 nitrogen and oxygen atoms in total. The van der Waals surface area contributed by atoms with Crippen LogP contribution in [0.5, 0.6) is 11.5 Å². The number of ether oxygens (including phenoxy) is 2. The average molecular weight is 514 g/mol. The molecule has 0 unspecified atom stereocenters. The molecule has 2 N–H and O–H groups in total. The first-order valence-electron chi connectivity index (χ1n) is 8.66. The third-order valence-corrected chi connectivity index (χ3v) is 4.75. The second kappa shape index (κ2) is 11.1. The minimum absolute atomic E-state index is 0.0810. The van der Waals surface area contributed by atoms with Gasteiger partial charge in [0.2, 0.25) is 0 Å². The van der Waals surface area contributed by atoms with Crippen LogP contribution < -0.4 is 20.1 Å². The molecule has 2 rings (SSSR count). The maximum Gasteiger partial charge on any atom is 0.258 e. The average Bonchev–Trinajstić information content (AvgIpc) is 2.64. The van der Waals surface area contributed by atoms with Crippen molar-refractivity contribution in [3.8, 4) is 11.5 Å². The Balaban J connectivity index is 1.61. The van der Waals surface area contributed by atoms with Crippen molar-refractivity contribution in [2.75, 3.05) is 26.3 Å². The van der Waals surface area contributed by atoms with Crippen LogP contribution in [-0.4, -0.2) is 38.1 Å². The summed E-state index contributed by atoms with van der Waals surface area (Å²) in [5, 5.41) is 5.39. The van der Waals surface area contributed by atoms with Crippen LogP contribution in [0.2, 0.25) is 0 Å². The lowest BCUT2D eigenvalue weighted by Gasteiger charge is -2.11. The molecule has 2 aromatic rings. The Bertz CT molecular complexity index is 773. The van der Waals surface area contributed by atoms with E-state index < -0.39 is 0 Å². The highest BCUT2D eigenvalue weighted by molar-refractivity contribution is 9.10. The summed E-state index contributed by atoms with van der Waals surface area (Å²) in [5.74, 6) is 0.815. The van der Waals surface area contributed by atoms with Gasteiger partial charge in [-0.15, -0.1) is 0 Å². The Labute approximate surface area is 181 Å². The fraction of sp³-hybridized carbons (Fsp3) is 0.300. The SMILES string of the molecule is Cc1cc(Br)ccc1OCC(=O)NCCNC(=O)COc1ccc(Br)cc1C. The summed E-state index contributed by atoms with van der Waals surface area (Å²) in [5.41, 5.74) is 1.88. The summed E-state index contributed by atoms with van der Waals surface area (Å²) in [6, 6.07) is 11.2. The molecule has 2 amide bonds. The van der Waals surface area contributed by atoms with Gasteiger partial charge in [0.05, 0.1) is 0 Å². The molecule has 28 heavy (non-hydrogen) atoms. The molecule has 0 aliphatic carbocycles. The maximum absolute atomic E-state index is 11.8. The molecular weight excluding hydrogens is 492 g/mol. The largest absolute Gasteiger partial charge is 0.484 e. The van der Waals surface area contributed by atoms with Crippen molar-refractivity contribution in [2.45, 2.75) is 13.8 Å². The van der Waals surface area contributed by atoms with Gasteiger partial charge >= 0.3 is 0 Å². The van der Waals surface area contributed by atoms with E-state index in [2.05, 4.69) is 42.5 Å². The van der Waals surface area contributed by atoms with Crippen LogP contribution in [0.15, 0.2) is 45.3 Å². The van der Waals surface area contributed by atoms with Crippen molar-refractivity contribution >= 4 is 43.7 Å². The standard InChI is InChI=1S/C20H22Br2N2O4/c1-13-9-15(21)3-5-17(13)27-11-19(25)23-7-8-24-20(26)12-28-18-6-4-16(22)10-14(18)2/h3-6,9-10H,7-8,11-12H2,1-2H3,(H,23,25)(H,24,26). The number of rotatable bonds is 9. The number of nitrogens with one attached hydrogen (secondary N) is 2. The van der Waals surface area contributed by atoms with Gasteiger partial charge in [-0.3, -0.25) is 9.59 Å². The third kappa shape index (κ3) is 7.52. The zero-order valence-electron chi connectivity index (χ0n) is 15.7. The monoisotopic (exact) mass is 512 g/mol. The lowest BCUT2D eigenvalue weighted by Crippen LogP contribution is -2.38. The molecule has 2 aromatic carbocycles. The van der Waals surface area contributed by atoms with Crippen LogP contribution in [-0.2, 0) is 9.59 Å². The van der Waals surface area contributed by atoms with Crippen molar-refractivity contribution in [1.82, 2.24) is 10.6 Å². The van der Waals surface area contributed by atoms with Gasteiger partial charge in [0, 0.05) is 22.0 Å². The van der Waals surface area contributed by atoms with E-state index in [1.807, 2.05) is 38.1 Å². The molecule has 0 aromatic heterocycles. The van der Waals surface area contributed by atoms with Gasteiger partial charge in [0.1, 0.15) is 11.5 Å². The van der Waals surface area contributed by atoms with E-state index in [1.165, 1.54) is 0 Å². The summed E-state index contributed by atoms with van der Waals surface area (Å²) in [6.07, 6.45) is 0. The van der Waals surface area contributed by atoms with E-state index in [0.717, 1.165) is 20.1 Å².